The number of nitrogens with one attached hydrogen (secondary N) is 1. The van der Waals surface area contributed by atoms with E-state index in [0.717, 1.165) is 30.8 Å². The monoisotopic (exact) mass is 452 g/mol. The van der Waals surface area contributed by atoms with Crippen LogP contribution in [-0.4, -0.2) is 40.6 Å². The van der Waals surface area contributed by atoms with Crippen LogP contribution in [0.3, 0.4) is 0 Å². The molecule has 32 heavy (non-hydrogen) atoms. The zero-order valence-corrected chi connectivity index (χ0v) is 19.2. The lowest BCUT2D eigenvalue weighted by Crippen LogP contribution is -2.14. The minimum Gasteiger partial charge on any atom is -0.497 e. The molecule has 8 heteroatoms. The predicted molar refractivity (Wildman–Crippen MR) is 128 cm³/mol. The number of methoxy groups -OCH3 is 2. The molecule has 1 N–H and O–H groups in total. The normalized spacial score (nSPS) is 10.6. The van der Waals surface area contributed by atoms with E-state index in [4.69, 9.17) is 9.47 Å². The Bertz CT molecular complexity index is 1030. The Hall–Kier alpha value is -3.26. The van der Waals surface area contributed by atoms with Crippen molar-refractivity contribution in [2.24, 2.45) is 0 Å². The number of benzene rings is 2. The lowest BCUT2D eigenvalue weighted by molar-refractivity contribution is -0.113. The Kier molecular flexibility index (Phi) is 8.74. The minimum absolute atomic E-state index is 0.113. The summed E-state index contributed by atoms with van der Waals surface area (Å²) in [6.45, 7) is 4.44. The van der Waals surface area contributed by atoms with Crippen molar-refractivity contribution in [1.82, 2.24) is 14.8 Å². The minimum atomic E-state index is -0.113. The summed E-state index contributed by atoms with van der Waals surface area (Å²) in [6.07, 6.45) is 4.50. The van der Waals surface area contributed by atoms with Crippen molar-refractivity contribution in [2.75, 3.05) is 25.3 Å². The molecule has 0 saturated heterocycles. The van der Waals surface area contributed by atoms with Crippen molar-refractivity contribution < 1.29 is 14.3 Å². The van der Waals surface area contributed by atoms with Gasteiger partial charge in [0.2, 0.25) is 5.91 Å². The molecule has 7 nitrogen and oxygen atoms in total. The van der Waals surface area contributed by atoms with Crippen LogP contribution in [0.2, 0.25) is 0 Å². The molecule has 0 fully saturated rings. The van der Waals surface area contributed by atoms with E-state index in [1.165, 1.54) is 17.3 Å². The quantitative estimate of drug-likeness (QED) is 0.324. The summed E-state index contributed by atoms with van der Waals surface area (Å²) in [5.41, 5.74) is 1.95. The van der Waals surface area contributed by atoms with Gasteiger partial charge in [-0.3, -0.25) is 4.79 Å². The lowest BCUT2D eigenvalue weighted by atomic mass is 10.1. The molecule has 0 atom stereocenters. The van der Waals surface area contributed by atoms with Gasteiger partial charge < -0.3 is 19.4 Å². The molecule has 2 aromatic carbocycles. The van der Waals surface area contributed by atoms with E-state index < -0.39 is 0 Å². The van der Waals surface area contributed by atoms with Crippen LogP contribution in [0.15, 0.2) is 66.3 Å². The van der Waals surface area contributed by atoms with Crippen molar-refractivity contribution >= 4 is 23.4 Å². The topological polar surface area (TPSA) is 78.3 Å². The second-order valence-electron chi connectivity index (χ2n) is 7.07. The molecule has 0 aliphatic carbocycles. The lowest BCUT2D eigenvalue weighted by Gasteiger charge is -2.09. The van der Waals surface area contributed by atoms with Crippen molar-refractivity contribution in [3.05, 3.63) is 72.6 Å². The van der Waals surface area contributed by atoms with E-state index in [0.29, 0.717) is 23.1 Å². The number of carbonyl (C=O) groups is 1. The van der Waals surface area contributed by atoms with Crippen LogP contribution in [0.1, 0.15) is 17.8 Å². The van der Waals surface area contributed by atoms with Crippen LogP contribution in [0.4, 0.5) is 5.69 Å². The summed E-state index contributed by atoms with van der Waals surface area (Å²) < 4.78 is 12.4. The molecule has 0 radical (unpaired) electrons. The number of allylic oxidation sites excluding steroid dienone is 1. The Morgan fingerprint density at radius 3 is 2.59 bits per heavy atom. The number of rotatable bonds is 12. The molecule has 168 valence electrons. The third-order valence-corrected chi connectivity index (χ3v) is 5.78. The number of hydrogen-bond donors (Lipinski definition) is 1. The van der Waals surface area contributed by atoms with Gasteiger partial charge in [-0.05, 0) is 42.7 Å². The van der Waals surface area contributed by atoms with Gasteiger partial charge in [-0.2, -0.15) is 0 Å². The van der Waals surface area contributed by atoms with E-state index in [2.05, 4.69) is 34.2 Å². The maximum Gasteiger partial charge on any atom is 0.234 e. The first-order valence-corrected chi connectivity index (χ1v) is 11.3. The summed E-state index contributed by atoms with van der Waals surface area (Å²) >= 11 is 1.36. The molecule has 1 aromatic heterocycles. The second-order valence-corrected chi connectivity index (χ2v) is 8.01. The Labute approximate surface area is 192 Å². The van der Waals surface area contributed by atoms with E-state index in [-0.39, 0.29) is 11.7 Å². The molecular formula is C24H28N4O3S. The van der Waals surface area contributed by atoms with Crippen molar-refractivity contribution in [2.45, 2.75) is 31.0 Å². The third kappa shape index (κ3) is 6.62. The van der Waals surface area contributed by atoms with Crippen molar-refractivity contribution in [1.29, 1.82) is 0 Å². The number of aromatic nitrogens is 3. The maximum absolute atomic E-state index is 12.4. The van der Waals surface area contributed by atoms with Crippen LogP contribution >= 0.6 is 11.8 Å². The fourth-order valence-electron chi connectivity index (χ4n) is 3.19. The second kappa shape index (κ2) is 12.0. The third-order valence-electron chi connectivity index (χ3n) is 4.82. The summed E-state index contributed by atoms with van der Waals surface area (Å²) in [4.78, 5) is 12.4. The Morgan fingerprint density at radius 2 is 1.88 bits per heavy atom. The zero-order chi connectivity index (χ0) is 22.8. The van der Waals surface area contributed by atoms with E-state index in [9.17, 15) is 4.79 Å². The molecule has 0 spiro atoms. The molecular weight excluding hydrogens is 424 g/mol. The smallest absolute Gasteiger partial charge is 0.234 e. The number of hydrogen-bond acceptors (Lipinski definition) is 6. The van der Waals surface area contributed by atoms with Gasteiger partial charge in [-0.25, -0.2) is 0 Å². The highest BCUT2D eigenvalue weighted by Crippen LogP contribution is 2.21. The van der Waals surface area contributed by atoms with Crippen LogP contribution in [0.5, 0.6) is 11.5 Å². The number of ether oxygens (including phenoxy) is 2. The molecule has 1 amide bonds. The van der Waals surface area contributed by atoms with Crippen LogP contribution in [0.25, 0.3) is 0 Å². The predicted octanol–water partition coefficient (Wildman–Crippen LogP) is 4.39. The first-order valence-electron chi connectivity index (χ1n) is 10.4. The highest BCUT2D eigenvalue weighted by atomic mass is 32.2. The summed E-state index contributed by atoms with van der Waals surface area (Å²) in [6, 6.07) is 15.4. The zero-order valence-electron chi connectivity index (χ0n) is 18.4. The van der Waals surface area contributed by atoms with Gasteiger partial charge in [-0.1, -0.05) is 36.0 Å². The largest absolute Gasteiger partial charge is 0.497 e. The number of nitrogens with zero attached hydrogens (tertiary/aromatic N) is 3. The fourth-order valence-corrected chi connectivity index (χ4v) is 3.96. The number of thioether (sulfide) groups is 1. The van der Waals surface area contributed by atoms with Gasteiger partial charge in [0, 0.05) is 24.7 Å². The van der Waals surface area contributed by atoms with Gasteiger partial charge >= 0.3 is 0 Å². The molecule has 1 heterocycles. The summed E-state index contributed by atoms with van der Waals surface area (Å²) in [5, 5.41) is 12.2. The first kappa shape index (κ1) is 23.4. The van der Waals surface area contributed by atoms with Gasteiger partial charge in [0.05, 0.1) is 20.0 Å². The van der Waals surface area contributed by atoms with Crippen LogP contribution in [0, 0.1) is 0 Å². The molecule has 0 unspecified atom stereocenters. The molecule has 0 bridgehead atoms. The van der Waals surface area contributed by atoms with Crippen molar-refractivity contribution in [3.8, 4) is 11.5 Å². The number of anilines is 1. The van der Waals surface area contributed by atoms with E-state index in [1.54, 1.807) is 20.3 Å². The van der Waals surface area contributed by atoms with Gasteiger partial charge in [0.15, 0.2) is 5.16 Å². The highest BCUT2D eigenvalue weighted by Gasteiger charge is 2.14. The summed E-state index contributed by atoms with van der Waals surface area (Å²) in [7, 11) is 3.26. The molecule has 0 saturated carbocycles. The molecule has 3 rings (SSSR count). The standard InChI is InChI=1S/C24H28N4O3S/c1-4-15-28-22(10-5-7-18-11-13-20(30-2)14-12-18)26-27-24(28)32-17-23(29)25-19-8-6-9-21(16-19)31-3/h4,6,8-9,11-14,16H,1,5,7,10,15,17H2,2-3H3,(H,25,29). The number of aryl methyl sites for hydroxylation is 2. The van der Waals surface area contributed by atoms with E-state index in [1.807, 2.05) is 41.0 Å². The number of carbonyl (C=O) groups excluding carboxylic acids is 1. The maximum atomic E-state index is 12.4. The average molecular weight is 453 g/mol. The van der Waals surface area contributed by atoms with Gasteiger partial charge in [0.1, 0.15) is 17.3 Å². The Balaban J connectivity index is 1.54. The first-order chi connectivity index (χ1) is 15.6. The van der Waals surface area contributed by atoms with Crippen LogP contribution < -0.4 is 14.8 Å². The number of amides is 1. The fraction of sp³-hybridized carbons (Fsp3) is 0.292. The van der Waals surface area contributed by atoms with Gasteiger partial charge in [0.25, 0.3) is 0 Å². The molecule has 0 aliphatic rings. The molecule has 0 aliphatic heterocycles. The average Bonchev–Trinajstić information content (AvgIpc) is 3.20. The van der Waals surface area contributed by atoms with E-state index >= 15 is 0 Å². The Morgan fingerprint density at radius 1 is 1.09 bits per heavy atom. The highest BCUT2D eigenvalue weighted by molar-refractivity contribution is 7.99. The SMILES string of the molecule is C=CCn1c(CCCc2ccc(OC)cc2)nnc1SCC(=O)Nc1cccc(OC)c1. The summed E-state index contributed by atoms with van der Waals surface area (Å²) in [5.74, 6) is 2.57. The molecule has 3 aromatic rings. The van der Waals surface area contributed by atoms with Crippen LogP contribution in [-0.2, 0) is 24.2 Å². The van der Waals surface area contributed by atoms with Gasteiger partial charge in [-0.15, -0.1) is 16.8 Å². The van der Waals surface area contributed by atoms with Crippen molar-refractivity contribution in [3.63, 3.8) is 0 Å².